The van der Waals surface area contributed by atoms with Crippen LogP contribution in [0.15, 0.2) is 60.3 Å². The summed E-state index contributed by atoms with van der Waals surface area (Å²) in [5, 5.41) is 33.9. The number of aliphatic hydroxyl groups is 3. The number of ketones is 3. The minimum Gasteiger partial charge on any atom is -0.460 e. The molecule has 1 amide bonds. The van der Waals surface area contributed by atoms with Crippen LogP contribution in [0.3, 0.4) is 0 Å². The zero-order valence-corrected chi connectivity index (χ0v) is 41.2. The number of Topliss-reactive ketones (excluding diaryl/α,β-unsaturated/α-hetero) is 3. The van der Waals surface area contributed by atoms with Crippen LogP contribution in [0, 0.1) is 41.4 Å². The van der Waals surface area contributed by atoms with Crippen LogP contribution < -0.4 is 0 Å². The Hall–Kier alpha value is -3.59. The van der Waals surface area contributed by atoms with Crippen molar-refractivity contribution in [3.8, 4) is 0 Å². The first kappa shape index (κ1) is 55.0. The number of carbonyl (C=O) groups excluding carboxylic acids is 5. The van der Waals surface area contributed by atoms with E-state index in [1.807, 2.05) is 64.2 Å². The van der Waals surface area contributed by atoms with Gasteiger partial charge in [-0.15, -0.1) is 6.58 Å². The number of piperidine rings is 1. The molecule has 0 unspecified atom stereocenters. The van der Waals surface area contributed by atoms with Crippen molar-refractivity contribution in [3.63, 3.8) is 0 Å². The number of nitrogens with zero attached hydrogens (tertiary/aromatic N) is 1. The predicted octanol–water partition coefficient (Wildman–Crippen LogP) is 7.36. The summed E-state index contributed by atoms with van der Waals surface area (Å²) in [6.07, 6.45) is 14.7. The Kier molecular flexibility index (Phi) is 21.4. The fourth-order valence-corrected chi connectivity index (χ4v) is 10.4. The van der Waals surface area contributed by atoms with Gasteiger partial charge < -0.3 is 39.2 Å². The SMILES string of the molecule is C=CC[C@@H]1C[C@@H]2CC[C@@H](C)[C@@](O)(O2)C(=O)C(=O)N2CCCC[C@H]2C(=O)O[C@H]([C@H](C)C[C@@H]2CC[C@@H](O)[C@H](OC)C2)CC(=O)[C@H](C)/C=C(\C)[C@@H](O)[C@@H](OC)C(=O)[C@H](C)C[C@H](C)/C=C/C=C/C=C/1C. The standard InChI is InChI=1S/C53H81NO12/c1-11-17-40-30-41-23-21-38(8)53(62,66-41)50(59)51(60)54-25-16-15-20-42(54)52(61)65-45(35(5)28-39-22-24-43(55)46(29-39)63-9)31-44(56)34(4)27-37(7)48(58)49(64-10)47(57)36(6)26-32(2)18-13-12-14-19-33(40)3/h11-14,18-19,27,32,34-36,38-43,45-46,48-49,55,58,62H,1,15-17,20-26,28-31H2,2-10H3/b14-12+,18-13+,33-19+,37-27+/t32-,34-,35-,36-,38-,39+,40-,41+,42+,43-,45+,46-,48-,49+,53-/m1/s1. The van der Waals surface area contributed by atoms with E-state index in [2.05, 4.69) is 6.58 Å². The zero-order valence-electron chi connectivity index (χ0n) is 41.2. The van der Waals surface area contributed by atoms with Gasteiger partial charge in [-0.3, -0.25) is 19.2 Å². The van der Waals surface area contributed by atoms with Gasteiger partial charge in [-0.05, 0) is 120 Å². The highest BCUT2D eigenvalue weighted by Gasteiger charge is 2.53. The van der Waals surface area contributed by atoms with Crippen LogP contribution in [0.4, 0.5) is 0 Å². The van der Waals surface area contributed by atoms with Crippen molar-refractivity contribution in [1.82, 2.24) is 4.90 Å². The molecule has 15 atom stereocenters. The van der Waals surface area contributed by atoms with Gasteiger partial charge in [-0.25, -0.2) is 4.79 Å². The molecule has 4 aliphatic rings. The van der Waals surface area contributed by atoms with Crippen LogP contribution >= 0.6 is 0 Å². The third kappa shape index (κ3) is 14.5. The summed E-state index contributed by atoms with van der Waals surface area (Å²) in [6, 6.07) is -1.13. The van der Waals surface area contributed by atoms with Crippen LogP contribution in [0.1, 0.15) is 132 Å². The van der Waals surface area contributed by atoms with Crippen molar-refractivity contribution < 1.29 is 58.2 Å². The van der Waals surface area contributed by atoms with Gasteiger partial charge >= 0.3 is 5.97 Å². The van der Waals surface area contributed by atoms with Gasteiger partial charge in [-0.1, -0.05) is 82.7 Å². The van der Waals surface area contributed by atoms with E-state index in [1.54, 1.807) is 34.0 Å². The molecule has 3 fully saturated rings. The Morgan fingerprint density at radius 3 is 2.32 bits per heavy atom. The van der Waals surface area contributed by atoms with Crippen LogP contribution in [0.2, 0.25) is 0 Å². The molecule has 13 nitrogen and oxygen atoms in total. The number of allylic oxidation sites excluding steroid dienone is 8. The molecule has 13 heteroatoms. The monoisotopic (exact) mass is 924 g/mol. The van der Waals surface area contributed by atoms with Crippen LogP contribution in [0.25, 0.3) is 0 Å². The lowest BCUT2D eigenvalue weighted by molar-refractivity contribution is -0.264. The molecule has 0 aromatic heterocycles. The maximum atomic E-state index is 14.4. The second-order valence-electron chi connectivity index (χ2n) is 20.1. The fraction of sp³-hybridized carbons (Fsp3) is 0.717. The van der Waals surface area contributed by atoms with Gasteiger partial charge in [0.1, 0.15) is 30.1 Å². The van der Waals surface area contributed by atoms with Crippen LogP contribution in [-0.4, -0.2) is 119 Å². The number of esters is 1. The number of ether oxygens (including phenoxy) is 4. The van der Waals surface area contributed by atoms with E-state index in [0.717, 1.165) is 12.0 Å². The first-order valence-electron chi connectivity index (χ1n) is 24.5. The van der Waals surface area contributed by atoms with Gasteiger partial charge in [0.15, 0.2) is 5.78 Å². The number of rotatable bonds is 7. The summed E-state index contributed by atoms with van der Waals surface area (Å²) in [7, 11) is 2.95. The summed E-state index contributed by atoms with van der Waals surface area (Å²) in [4.78, 5) is 72.0. The number of hydrogen-bond donors (Lipinski definition) is 3. The van der Waals surface area contributed by atoms with Gasteiger partial charge in [0.2, 0.25) is 5.79 Å². The van der Waals surface area contributed by atoms with Crippen LogP contribution in [-0.2, 0) is 42.9 Å². The largest absolute Gasteiger partial charge is 0.460 e. The van der Waals surface area contributed by atoms with Gasteiger partial charge in [0.25, 0.3) is 11.7 Å². The number of carbonyl (C=O) groups is 5. The lowest BCUT2D eigenvalue weighted by atomic mass is 9.78. The van der Waals surface area contributed by atoms with E-state index in [-0.39, 0.29) is 60.7 Å². The molecule has 0 aromatic carbocycles. The zero-order chi connectivity index (χ0) is 48.9. The Morgan fingerprint density at radius 1 is 0.909 bits per heavy atom. The van der Waals surface area contributed by atoms with E-state index in [4.69, 9.17) is 18.9 Å². The molecule has 3 aliphatic heterocycles. The van der Waals surface area contributed by atoms with Gasteiger partial charge in [-0.2, -0.15) is 0 Å². The Morgan fingerprint density at radius 2 is 1.64 bits per heavy atom. The third-order valence-corrected chi connectivity index (χ3v) is 14.9. The quantitative estimate of drug-likeness (QED) is 0.131. The molecule has 0 spiro atoms. The molecular weight excluding hydrogens is 843 g/mol. The number of fused-ring (bicyclic) bond motifs is 3. The topological polar surface area (TPSA) is 186 Å². The summed E-state index contributed by atoms with van der Waals surface area (Å²) in [5.41, 5.74) is 1.44. The molecule has 370 valence electrons. The summed E-state index contributed by atoms with van der Waals surface area (Å²) in [5.74, 6) is -7.84. The molecule has 3 heterocycles. The Balaban J connectivity index is 1.71. The molecular formula is C53H81NO12. The summed E-state index contributed by atoms with van der Waals surface area (Å²) >= 11 is 0. The molecule has 1 aliphatic carbocycles. The molecule has 1 saturated carbocycles. The number of hydrogen-bond acceptors (Lipinski definition) is 12. The average Bonchev–Trinajstić information content (AvgIpc) is 3.29. The lowest BCUT2D eigenvalue weighted by Crippen LogP contribution is -2.60. The predicted molar refractivity (Wildman–Crippen MR) is 253 cm³/mol. The van der Waals surface area contributed by atoms with Gasteiger partial charge in [0, 0.05) is 44.9 Å². The van der Waals surface area contributed by atoms with Crippen molar-refractivity contribution in [2.24, 2.45) is 41.4 Å². The second kappa shape index (κ2) is 25.7. The number of methoxy groups -OCH3 is 2. The van der Waals surface area contributed by atoms with Crippen molar-refractivity contribution in [2.45, 2.75) is 180 Å². The maximum absolute atomic E-state index is 14.4. The smallest absolute Gasteiger partial charge is 0.329 e. The molecule has 2 saturated heterocycles. The van der Waals surface area contributed by atoms with E-state index < -0.39 is 77.8 Å². The highest BCUT2D eigenvalue weighted by Crippen LogP contribution is 2.39. The van der Waals surface area contributed by atoms with E-state index in [1.165, 1.54) is 12.0 Å². The highest BCUT2D eigenvalue weighted by atomic mass is 16.6. The first-order chi connectivity index (χ1) is 31.2. The molecule has 4 rings (SSSR count). The van der Waals surface area contributed by atoms with E-state index >= 15 is 0 Å². The minimum atomic E-state index is -2.40. The van der Waals surface area contributed by atoms with Crippen molar-refractivity contribution >= 4 is 29.2 Å². The molecule has 0 aromatic rings. The first-order valence-corrected chi connectivity index (χ1v) is 24.5. The molecule has 0 radical (unpaired) electrons. The normalized spacial score (nSPS) is 39.9. The Bertz CT molecular complexity index is 1800. The summed E-state index contributed by atoms with van der Waals surface area (Å²) in [6.45, 7) is 16.9. The summed E-state index contributed by atoms with van der Waals surface area (Å²) < 4.78 is 23.7. The highest BCUT2D eigenvalue weighted by molar-refractivity contribution is 6.39. The third-order valence-electron chi connectivity index (χ3n) is 14.9. The number of amides is 1. The Labute approximate surface area is 394 Å². The minimum absolute atomic E-state index is 0.0217. The molecule has 66 heavy (non-hydrogen) atoms. The van der Waals surface area contributed by atoms with Crippen molar-refractivity contribution in [3.05, 3.63) is 60.3 Å². The fourth-order valence-electron chi connectivity index (χ4n) is 10.4. The molecule has 2 bridgehead atoms. The van der Waals surface area contributed by atoms with Crippen molar-refractivity contribution in [1.29, 1.82) is 0 Å². The number of cyclic esters (lactones) is 1. The average molecular weight is 924 g/mol. The van der Waals surface area contributed by atoms with Crippen LogP contribution in [0.5, 0.6) is 0 Å². The maximum Gasteiger partial charge on any atom is 0.329 e. The second-order valence-corrected chi connectivity index (χ2v) is 20.1. The van der Waals surface area contributed by atoms with E-state index in [9.17, 15) is 39.3 Å². The van der Waals surface area contributed by atoms with Gasteiger partial charge in [0.05, 0.1) is 18.3 Å². The molecule has 3 N–H and O–H groups in total. The lowest BCUT2D eigenvalue weighted by Gasteiger charge is -2.43. The van der Waals surface area contributed by atoms with Crippen molar-refractivity contribution in [2.75, 3.05) is 20.8 Å². The number of aliphatic hydroxyl groups excluding tert-OH is 2. The van der Waals surface area contributed by atoms with E-state index in [0.29, 0.717) is 69.8 Å².